The molecule has 0 aromatic heterocycles. The highest BCUT2D eigenvalue weighted by Gasteiger charge is 2.16. The van der Waals surface area contributed by atoms with Gasteiger partial charge in [0.25, 0.3) is 0 Å². The molecule has 0 saturated carbocycles. The molecule has 17 heavy (non-hydrogen) atoms. The van der Waals surface area contributed by atoms with Crippen molar-refractivity contribution in [3.05, 3.63) is 29.3 Å². The Labute approximate surface area is 104 Å². The maximum atomic E-state index is 10.7. The standard InChI is InChI=1S/C12H13NO3S/c1-17-10-7-9(11(14)12(15)16)5-4-8(10)3-2-6-13/h4-5,7,11,14H,2-3H2,1H3,(H,15,16). The van der Waals surface area contributed by atoms with Gasteiger partial charge in [-0.05, 0) is 29.9 Å². The van der Waals surface area contributed by atoms with E-state index in [1.54, 1.807) is 18.2 Å². The van der Waals surface area contributed by atoms with Crippen molar-refractivity contribution in [1.29, 1.82) is 5.26 Å². The van der Waals surface area contributed by atoms with E-state index in [-0.39, 0.29) is 0 Å². The largest absolute Gasteiger partial charge is 0.479 e. The van der Waals surface area contributed by atoms with Crippen LogP contribution in [0.3, 0.4) is 0 Å². The topological polar surface area (TPSA) is 81.3 Å². The average molecular weight is 251 g/mol. The Bertz CT molecular complexity index is 454. The van der Waals surface area contributed by atoms with Crippen molar-refractivity contribution >= 4 is 17.7 Å². The number of aliphatic hydroxyl groups is 1. The van der Waals surface area contributed by atoms with Gasteiger partial charge in [0.2, 0.25) is 0 Å². The van der Waals surface area contributed by atoms with Gasteiger partial charge < -0.3 is 10.2 Å². The van der Waals surface area contributed by atoms with Gasteiger partial charge in [0.1, 0.15) is 0 Å². The number of hydrogen-bond acceptors (Lipinski definition) is 4. The monoisotopic (exact) mass is 251 g/mol. The molecule has 0 spiro atoms. The van der Waals surface area contributed by atoms with Crippen LogP contribution in [0.4, 0.5) is 0 Å². The smallest absolute Gasteiger partial charge is 0.337 e. The molecule has 0 aliphatic rings. The molecule has 5 heteroatoms. The first kappa shape index (κ1) is 13.6. The van der Waals surface area contributed by atoms with Gasteiger partial charge in [-0.1, -0.05) is 12.1 Å². The first-order chi connectivity index (χ1) is 8.10. The van der Waals surface area contributed by atoms with Crippen molar-refractivity contribution in [2.24, 2.45) is 0 Å². The molecule has 4 nitrogen and oxygen atoms in total. The Morgan fingerprint density at radius 3 is 2.82 bits per heavy atom. The number of benzene rings is 1. The van der Waals surface area contributed by atoms with E-state index >= 15 is 0 Å². The fourth-order valence-corrected chi connectivity index (χ4v) is 2.16. The SMILES string of the molecule is CSc1cc(C(O)C(=O)O)ccc1CCC#N. The summed E-state index contributed by atoms with van der Waals surface area (Å²) in [5.41, 5.74) is 1.36. The van der Waals surface area contributed by atoms with E-state index in [9.17, 15) is 9.90 Å². The maximum absolute atomic E-state index is 10.7. The zero-order valence-electron chi connectivity index (χ0n) is 9.38. The highest BCUT2D eigenvalue weighted by atomic mass is 32.2. The predicted molar refractivity (Wildman–Crippen MR) is 64.8 cm³/mol. The fourth-order valence-electron chi connectivity index (χ4n) is 1.47. The van der Waals surface area contributed by atoms with Crippen LogP contribution in [0.1, 0.15) is 23.7 Å². The Morgan fingerprint density at radius 2 is 2.29 bits per heavy atom. The molecule has 0 amide bonds. The van der Waals surface area contributed by atoms with Crippen LogP contribution in [-0.4, -0.2) is 22.4 Å². The Kier molecular flexibility index (Phi) is 5.01. The zero-order valence-corrected chi connectivity index (χ0v) is 10.2. The van der Waals surface area contributed by atoms with Crippen molar-refractivity contribution in [1.82, 2.24) is 0 Å². The summed E-state index contributed by atoms with van der Waals surface area (Å²) in [4.78, 5) is 11.6. The van der Waals surface area contributed by atoms with Crippen LogP contribution in [0, 0.1) is 11.3 Å². The first-order valence-electron chi connectivity index (χ1n) is 5.04. The van der Waals surface area contributed by atoms with E-state index in [0.717, 1.165) is 10.5 Å². The zero-order chi connectivity index (χ0) is 12.8. The maximum Gasteiger partial charge on any atom is 0.337 e. The molecule has 0 aliphatic carbocycles. The molecule has 1 aromatic rings. The number of aliphatic carboxylic acids is 1. The van der Waals surface area contributed by atoms with Gasteiger partial charge in [0.15, 0.2) is 6.10 Å². The minimum Gasteiger partial charge on any atom is -0.479 e. The molecule has 1 aromatic carbocycles. The molecular formula is C12H13NO3S. The number of carbonyl (C=O) groups is 1. The average Bonchev–Trinajstić information content (AvgIpc) is 2.35. The molecule has 1 rings (SSSR count). The van der Waals surface area contributed by atoms with Crippen LogP contribution in [0.15, 0.2) is 23.1 Å². The number of aliphatic hydroxyl groups excluding tert-OH is 1. The lowest BCUT2D eigenvalue weighted by Crippen LogP contribution is -2.10. The lowest BCUT2D eigenvalue weighted by atomic mass is 10.0. The van der Waals surface area contributed by atoms with Crippen molar-refractivity contribution in [2.45, 2.75) is 23.8 Å². The molecule has 0 saturated heterocycles. The van der Waals surface area contributed by atoms with E-state index < -0.39 is 12.1 Å². The molecule has 0 radical (unpaired) electrons. The highest BCUT2D eigenvalue weighted by Crippen LogP contribution is 2.26. The number of carboxylic acid groups (broad SMARTS) is 1. The first-order valence-corrected chi connectivity index (χ1v) is 6.27. The number of nitriles is 1. The summed E-state index contributed by atoms with van der Waals surface area (Å²) >= 11 is 1.48. The van der Waals surface area contributed by atoms with Crippen LogP contribution >= 0.6 is 11.8 Å². The number of hydrogen-bond donors (Lipinski definition) is 2. The minimum absolute atomic E-state index is 0.363. The summed E-state index contributed by atoms with van der Waals surface area (Å²) in [5.74, 6) is -1.26. The van der Waals surface area contributed by atoms with E-state index in [4.69, 9.17) is 10.4 Å². The molecule has 0 bridgehead atoms. The Hall–Kier alpha value is -1.51. The second kappa shape index (κ2) is 6.28. The van der Waals surface area contributed by atoms with Crippen molar-refractivity contribution in [3.63, 3.8) is 0 Å². The van der Waals surface area contributed by atoms with Gasteiger partial charge in [0, 0.05) is 11.3 Å². The molecule has 2 N–H and O–H groups in total. The van der Waals surface area contributed by atoms with Crippen molar-refractivity contribution in [2.75, 3.05) is 6.26 Å². The molecule has 0 aliphatic heterocycles. The van der Waals surface area contributed by atoms with Gasteiger partial charge in [-0.15, -0.1) is 11.8 Å². The van der Waals surface area contributed by atoms with Gasteiger partial charge in [0.05, 0.1) is 6.07 Å². The van der Waals surface area contributed by atoms with Crippen molar-refractivity contribution in [3.8, 4) is 6.07 Å². The second-order valence-electron chi connectivity index (χ2n) is 3.47. The van der Waals surface area contributed by atoms with E-state index in [2.05, 4.69) is 6.07 Å². The Balaban J connectivity index is 3.00. The molecule has 1 unspecified atom stereocenters. The third kappa shape index (κ3) is 3.48. The third-order valence-corrected chi connectivity index (χ3v) is 3.19. The number of rotatable bonds is 5. The minimum atomic E-state index is -1.49. The third-order valence-electron chi connectivity index (χ3n) is 2.37. The lowest BCUT2D eigenvalue weighted by molar-refractivity contribution is -0.146. The van der Waals surface area contributed by atoms with E-state index in [0.29, 0.717) is 18.4 Å². The Morgan fingerprint density at radius 1 is 1.59 bits per heavy atom. The summed E-state index contributed by atoms with van der Waals surface area (Å²) in [5, 5.41) is 26.7. The number of thioether (sulfide) groups is 1. The summed E-state index contributed by atoms with van der Waals surface area (Å²) < 4.78 is 0. The van der Waals surface area contributed by atoms with Gasteiger partial charge in [-0.2, -0.15) is 5.26 Å². The molecule has 90 valence electrons. The summed E-state index contributed by atoms with van der Waals surface area (Å²) in [6.07, 6.45) is 1.44. The molecule has 1 atom stereocenters. The summed E-state index contributed by atoms with van der Waals surface area (Å²) in [6.45, 7) is 0. The van der Waals surface area contributed by atoms with Gasteiger partial charge >= 0.3 is 5.97 Å². The van der Waals surface area contributed by atoms with Gasteiger partial charge in [-0.3, -0.25) is 0 Å². The van der Waals surface area contributed by atoms with Crippen LogP contribution < -0.4 is 0 Å². The molecule has 0 fully saturated rings. The predicted octanol–water partition coefficient (Wildman–Crippen LogP) is 1.98. The quantitative estimate of drug-likeness (QED) is 0.782. The number of carboxylic acids is 1. The molecule has 0 heterocycles. The fraction of sp³-hybridized carbons (Fsp3) is 0.333. The number of nitrogens with zero attached hydrogens (tertiary/aromatic N) is 1. The van der Waals surface area contributed by atoms with Crippen LogP contribution in [-0.2, 0) is 11.2 Å². The summed E-state index contributed by atoms with van der Waals surface area (Å²) in [6, 6.07) is 7.09. The van der Waals surface area contributed by atoms with E-state index in [1.165, 1.54) is 11.8 Å². The normalized spacial score (nSPS) is 11.8. The number of aryl methyl sites for hydroxylation is 1. The van der Waals surface area contributed by atoms with Gasteiger partial charge in [-0.25, -0.2) is 4.79 Å². The summed E-state index contributed by atoms with van der Waals surface area (Å²) in [7, 11) is 0. The van der Waals surface area contributed by atoms with E-state index in [1.807, 2.05) is 6.26 Å². The van der Waals surface area contributed by atoms with Crippen molar-refractivity contribution < 1.29 is 15.0 Å². The van der Waals surface area contributed by atoms with Crippen LogP contribution in [0.2, 0.25) is 0 Å². The van der Waals surface area contributed by atoms with Crippen LogP contribution in [0.25, 0.3) is 0 Å². The second-order valence-corrected chi connectivity index (χ2v) is 4.32. The van der Waals surface area contributed by atoms with Crippen LogP contribution in [0.5, 0.6) is 0 Å². The lowest BCUT2D eigenvalue weighted by Gasteiger charge is -2.11. The molecular weight excluding hydrogens is 238 g/mol. The highest BCUT2D eigenvalue weighted by molar-refractivity contribution is 7.98.